The summed E-state index contributed by atoms with van der Waals surface area (Å²) in [6.45, 7) is 3.38. The van der Waals surface area contributed by atoms with E-state index in [1.54, 1.807) is 19.1 Å². The molecule has 3 N–H and O–H groups in total. The molecule has 3 heterocycles. The Morgan fingerprint density at radius 3 is 2.63 bits per heavy atom. The highest BCUT2D eigenvalue weighted by Crippen LogP contribution is 2.37. The molecule has 0 amide bonds. The maximum Gasteiger partial charge on any atom is 0.183 e. The minimum atomic E-state index is -1.10. The molecule has 0 unspecified atom stereocenters. The van der Waals surface area contributed by atoms with Gasteiger partial charge in [-0.3, -0.25) is 0 Å². The number of aromatic nitrogens is 2. The van der Waals surface area contributed by atoms with Crippen molar-refractivity contribution >= 4 is 22.9 Å². The smallest absolute Gasteiger partial charge is 0.183 e. The van der Waals surface area contributed by atoms with Gasteiger partial charge in [-0.25, -0.2) is 0 Å². The summed E-state index contributed by atoms with van der Waals surface area (Å²) in [5.74, 6) is 1.10. The van der Waals surface area contributed by atoms with Crippen LogP contribution in [0.1, 0.15) is 34.9 Å². The number of furan rings is 1. The Labute approximate surface area is 182 Å². The molecule has 9 heteroatoms. The van der Waals surface area contributed by atoms with Crippen molar-refractivity contribution in [3.63, 3.8) is 0 Å². The van der Waals surface area contributed by atoms with E-state index < -0.39 is 24.4 Å². The van der Waals surface area contributed by atoms with E-state index in [4.69, 9.17) is 20.8 Å². The zero-order chi connectivity index (χ0) is 21.4. The molecule has 0 bridgehead atoms. The van der Waals surface area contributed by atoms with E-state index >= 15 is 0 Å². The molecule has 4 rings (SSSR count). The van der Waals surface area contributed by atoms with Gasteiger partial charge in [-0.05, 0) is 36.2 Å². The number of halogens is 1. The molecule has 1 fully saturated rings. The predicted octanol–water partition coefficient (Wildman–Crippen LogP) is 3.14. The first kappa shape index (κ1) is 21.4. The predicted molar refractivity (Wildman–Crippen MR) is 112 cm³/mol. The van der Waals surface area contributed by atoms with Crippen LogP contribution in [0.15, 0.2) is 34.7 Å². The molecule has 0 spiro atoms. The van der Waals surface area contributed by atoms with Crippen LogP contribution in [-0.4, -0.2) is 50.4 Å². The van der Waals surface area contributed by atoms with E-state index in [2.05, 4.69) is 10.2 Å². The van der Waals surface area contributed by atoms with Crippen LogP contribution in [0.3, 0.4) is 0 Å². The van der Waals surface area contributed by atoms with Gasteiger partial charge in [0.05, 0.1) is 18.8 Å². The van der Waals surface area contributed by atoms with Gasteiger partial charge in [0.1, 0.15) is 23.0 Å². The molecular formula is C21H23ClN2O5S. The van der Waals surface area contributed by atoms with Crippen molar-refractivity contribution in [2.45, 2.75) is 44.7 Å². The first-order chi connectivity index (χ1) is 14.4. The summed E-state index contributed by atoms with van der Waals surface area (Å²) in [5.41, 5.74) is 1.48. The Bertz CT molecular complexity index is 1020. The van der Waals surface area contributed by atoms with Gasteiger partial charge < -0.3 is 24.5 Å². The Morgan fingerprint density at radius 2 is 1.93 bits per heavy atom. The van der Waals surface area contributed by atoms with E-state index in [9.17, 15) is 15.3 Å². The molecule has 5 atom stereocenters. The molecule has 3 aromatic rings. The fourth-order valence-electron chi connectivity index (χ4n) is 3.63. The highest BCUT2D eigenvalue weighted by Gasteiger charge is 2.42. The van der Waals surface area contributed by atoms with Crippen molar-refractivity contribution in [3.05, 3.63) is 57.2 Å². The summed E-state index contributed by atoms with van der Waals surface area (Å²) in [7, 11) is 0. The number of aliphatic hydroxyl groups is 3. The number of ether oxygens (including phenoxy) is 1. The maximum absolute atomic E-state index is 10.5. The van der Waals surface area contributed by atoms with Crippen LogP contribution < -0.4 is 0 Å². The average molecular weight is 451 g/mol. The molecule has 0 saturated carbocycles. The third kappa shape index (κ3) is 4.16. The summed E-state index contributed by atoms with van der Waals surface area (Å²) in [6.07, 6.45) is -2.97. The van der Waals surface area contributed by atoms with Gasteiger partial charge in [0.15, 0.2) is 10.8 Å². The summed E-state index contributed by atoms with van der Waals surface area (Å²) in [6, 6.07) is 9.07. The fraction of sp³-hybridized carbons (Fsp3) is 0.429. The Morgan fingerprint density at radius 1 is 1.13 bits per heavy atom. The van der Waals surface area contributed by atoms with Crippen molar-refractivity contribution < 1.29 is 24.5 Å². The average Bonchev–Trinajstić information content (AvgIpc) is 3.37. The van der Waals surface area contributed by atoms with Gasteiger partial charge >= 0.3 is 0 Å². The van der Waals surface area contributed by atoms with Gasteiger partial charge in [-0.2, -0.15) is 0 Å². The molecule has 7 nitrogen and oxygen atoms in total. The molecule has 30 heavy (non-hydrogen) atoms. The highest BCUT2D eigenvalue weighted by molar-refractivity contribution is 7.14. The molecule has 0 aliphatic carbocycles. The van der Waals surface area contributed by atoms with Crippen LogP contribution in [-0.2, 0) is 11.2 Å². The first-order valence-corrected chi connectivity index (χ1v) is 10.9. The van der Waals surface area contributed by atoms with Gasteiger partial charge in [-0.1, -0.05) is 42.0 Å². The van der Waals surface area contributed by atoms with E-state index in [1.165, 1.54) is 11.3 Å². The zero-order valence-electron chi connectivity index (χ0n) is 16.5. The lowest BCUT2D eigenvalue weighted by Crippen LogP contribution is -2.50. The van der Waals surface area contributed by atoms with Gasteiger partial charge in [-0.15, -0.1) is 10.2 Å². The van der Waals surface area contributed by atoms with Crippen LogP contribution in [0.25, 0.3) is 10.8 Å². The quantitative estimate of drug-likeness (QED) is 0.547. The van der Waals surface area contributed by atoms with E-state index in [0.717, 1.165) is 16.3 Å². The molecule has 1 aliphatic heterocycles. The molecule has 2 aromatic heterocycles. The second kappa shape index (κ2) is 8.74. The van der Waals surface area contributed by atoms with Crippen LogP contribution in [0.4, 0.5) is 0 Å². The van der Waals surface area contributed by atoms with Crippen molar-refractivity contribution in [2.24, 2.45) is 5.92 Å². The minimum absolute atomic E-state index is 0.234. The Balaban J connectivity index is 1.57. The highest BCUT2D eigenvalue weighted by atomic mass is 35.5. The normalized spacial score (nSPS) is 26.8. The molecular weight excluding hydrogens is 428 g/mol. The van der Waals surface area contributed by atoms with Crippen LogP contribution in [0, 0.1) is 12.8 Å². The second-order valence-electron chi connectivity index (χ2n) is 7.56. The second-order valence-corrected chi connectivity index (χ2v) is 9.03. The van der Waals surface area contributed by atoms with Crippen LogP contribution >= 0.6 is 22.9 Å². The lowest BCUT2D eigenvalue weighted by Gasteiger charge is -2.41. The van der Waals surface area contributed by atoms with Crippen molar-refractivity contribution in [1.29, 1.82) is 0 Å². The molecule has 160 valence electrons. The molecule has 1 saturated heterocycles. The van der Waals surface area contributed by atoms with Crippen LogP contribution in [0.5, 0.6) is 0 Å². The van der Waals surface area contributed by atoms with Gasteiger partial charge in [0.25, 0.3) is 0 Å². The van der Waals surface area contributed by atoms with E-state index in [1.807, 2.05) is 25.1 Å². The topological polar surface area (TPSA) is 109 Å². The molecule has 0 radical (unpaired) electrons. The summed E-state index contributed by atoms with van der Waals surface area (Å²) in [5, 5.41) is 40.9. The third-order valence-electron chi connectivity index (χ3n) is 5.44. The number of aliphatic hydroxyl groups excluding tert-OH is 3. The maximum atomic E-state index is 10.5. The van der Waals surface area contributed by atoms with Crippen LogP contribution in [0.2, 0.25) is 5.02 Å². The van der Waals surface area contributed by atoms with Gasteiger partial charge in [0, 0.05) is 17.4 Å². The Hall–Kier alpha value is -1.81. The fourth-order valence-corrected chi connectivity index (χ4v) is 4.64. The monoisotopic (exact) mass is 450 g/mol. The summed E-state index contributed by atoms with van der Waals surface area (Å²) < 4.78 is 11.5. The minimum Gasteiger partial charge on any atom is -0.459 e. The molecule has 1 aliphatic rings. The number of rotatable bonds is 5. The number of hydrogen-bond donors (Lipinski definition) is 3. The number of nitrogens with zero attached hydrogens (tertiary/aromatic N) is 2. The van der Waals surface area contributed by atoms with Crippen molar-refractivity contribution in [1.82, 2.24) is 10.2 Å². The summed E-state index contributed by atoms with van der Waals surface area (Å²) >= 11 is 7.82. The lowest BCUT2D eigenvalue weighted by molar-refractivity contribution is -0.207. The van der Waals surface area contributed by atoms with Crippen molar-refractivity contribution in [2.75, 3.05) is 6.61 Å². The van der Waals surface area contributed by atoms with Gasteiger partial charge in [0.2, 0.25) is 0 Å². The standard InChI is InChI=1S/C21H23ClN2O5S/c1-10-3-6-15(28-10)21-24-23-17(30-21)8-13-7-12(4-5-14(13)22)20-19(27)18(26)11(2)16(9-25)29-20/h3-7,11,16,18-20,25-27H,8-9H2,1-2H3/t11-,16-,18+,19-,20+/m1/s1. The SMILES string of the molecule is Cc1ccc(-c2nnc(Cc3cc([C@@H]4O[C@H](CO)[C@@H](C)[C@H](O)[C@H]4O)ccc3Cl)s2)o1. The Kier molecular flexibility index (Phi) is 6.24. The van der Waals surface area contributed by atoms with E-state index in [0.29, 0.717) is 27.8 Å². The molecule has 1 aromatic carbocycles. The first-order valence-electron chi connectivity index (χ1n) is 9.67. The lowest BCUT2D eigenvalue weighted by atomic mass is 9.85. The number of benzene rings is 1. The number of aryl methyl sites for hydroxylation is 1. The van der Waals surface area contributed by atoms with E-state index in [-0.39, 0.29) is 12.5 Å². The summed E-state index contributed by atoms with van der Waals surface area (Å²) in [4.78, 5) is 0. The van der Waals surface area contributed by atoms with Crippen molar-refractivity contribution in [3.8, 4) is 10.8 Å². The largest absolute Gasteiger partial charge is 0.459 e. The zero-order valence-corrected chi connectivity index (χ0v) is 18.1. The third-order valence-corrected chi connectivity index (χ3v) is 6.75. The number of hydrogen-bond acceptors (Lipinski definition) is 8.